The van der Waals surface area contributed by atoms with Crippen LogP contribution in [0, 0.1) is 5.41 Å². The van der Waals surface area contributed by atoms with Crippen molar-refractivity contribution in [2.75, 3.05) is 0 Å². The molecule has 0 aromatic rings. The van der Waals surface area contributed by atoms with E-state index in [0.717, 1.165) is 6.08 Å². The normalized spacial score (nSPS) is 8.64. The van der Waals surface area contributed by atoms with Crippen LogP contribution in [0.4, 0.5) is 4.79 Å². The number of hydrogen-bond acceptors (Lipinski definition) is 3. The molecule has 0 spiro atoms. The molecular formula is C6H12N2O3. The van der Waals surface area contributed by atoms with E-state index in [4.69, 9.17) is 15.3 Å². The van der Waals surface area contributed by atoms with Gasteiger partial charge in [0.1, 0.15) is 0 Å². The minimum Gasteiger partial charge on any atom is -0.465 e. The van der Waals surface area contributed by atoms with Crippen molar-refractivity contribution in [3.63, 3.8) is 0 Å². The minimum atomic E-state index is -0.975. The summed E-state index contributed by atoms with van der Waals surface area (Å²) in [6.07, 6.45) is -0.225. The summed E-state index contributed by atoms with van der Waals surface area (Å²) < 4.78 is 0. The summed E-state index contributed by atoms with van der Waals surface area (Å²) in [6, 6.07) is 0. The molecular weight excluding hydrogens is 148 g/mol. The molecule has 0 bridgehead atoms. The van der Waals surface area contributed by atoms with Gasteiger partial charge in [-0.15, -0.1) is 0 Å². The standard InChI is InChI=1S/C5H11NO2.CHNO/c1-5(2,3)6-4(7)8;2-1-3/h6H,1-3H3,(H,7,8);2H. The largest absolute Gasteiger partial charge is 0.465 e. The summed E-state index contributed by atoms with van der Waals surface area (Å²) in [6.45, 7) is 5.38. The first-order valence-corrected chi connectivity index (χ1v) is 2.88. The van der Waals surface area contributed by atoms with E-state index in [9.17, 15) is 4.79 Å². The predicted molar refractivity (Wildman–Crippen MR) is 39.3 cm³/mol. The van der Waals surface area contributed by atoms with Gasteiger partial charge >= 0.3 is 6.09 Å². The fourth-order valence-corrected chi connectivity index (χ4v) is 0.321. The van der Waals surface area contributed by atoms with E-state index in [1.165, 1.54) is 0 Å². The summed E-state index contributed by atoms with van der Waals surface area (Å²) in [5.41, 5.74) is -0.328. The number of carbonyl (C=O) groups excluding carboxylic acids is 1. The summed E-state index contributed by atoms with van der Waals surface area (Å²) in [5, 5.41) is 15.8. The van der Waals surface area contributed by atoms with Crippen LogP contribution >= 0.6 is 0 Å². The lowest BCUT2D eigenvalue weighted by molar-refractivity contribution is 0.184. The van der Waals surface area contributed by atoms with Gasteiger partial charge in [0.2, 0.25) is 6.08 Å². The van der Waals surface area contributed by atoms with E-state index >= 15 is 0 Å². The highest BCUT2D eigenvalue weighted by Crippen LogP contribution is 1.96. The SMILES string of the molecule is CC(C)(C)NC(=O)O.N=C=O. The van der Waals surface area contributed by atoms with Gasteiger partial charge in [0.25, 0.3) is 0 Å². The van der Waals surface area contributed by atoms with Crippen LogP contribution in [0.3, 0.4) is 0 Å². The second-order valence-electron chi connectivity index (χ2n) is 2.78. The molecule has 0 aliphatic heterocycles. The van der Waals surface area contributed by atoms with Crippen LogP contribution in [0.15, 0.2) is 0 Å². The number of isocyanates is 1. The van der Waals surface area contributed by atoms with E-state index in [1.807, 2.05) is 0 Å². The molecule has 0 saturated heterocycles. The summed E-state index contributed by atoms with van der Waals surface area (Å²) in [7, 11) is 0. The van der Waals surface area contributed by atoms with Gasteiger partial charge in [-0.05, 0) is 20.8 Å². The molecule has 5 heteroatoms. The van der Waals surface area contributed by atoms with Gasteiger partial charge in [0.05, 0.1) is 0 Å². The number of carboxylic acid groups (broad SMARTS) is 1. The number of amides is 1. The number of rotatable bonds is 0. The third kappa shape index (κ3) is 28.7. The first-order chi connectivity index (χ1) is 4.83. The van der Waals surface area contributed by atoms with Gasteiger partial charge < -0.3 is 10.4 Å². The second kappa shape index (κ2) is 5.44. The number of nitrogens with one attached hydrogen (secondary N) is 2. The van der Waals surface area contributed by atoms with Crippen molar-refractivity contribution in [1.82, 2.24) is 5.32 Å². The highest BCUT2D eigenvalue weighted by Gasteiger charge is 2.10. The molecule has 11 heavy (non-hydrogen) atoms. The Morgan fingerprint density at radius 2 is 1.82 bits per heavy atom. The summed E-state index contributed by atoms with van der Waals surface area (Å²) >= 11 is 0. The van der Waals surface area contributed by atoms with Gasteiger partial charge in [-0.25, -0.2) is 15.0 Å². The molecule has 0 saturated carbocycles. The molecule has 0 fully saturated rings. The molecule has 5 nitrogen and oxygen atoms in total. The number of carbonyl (C=O) groups is 1. The second-order valence-corrected chi connectivity index (χ2v) is 2.78. The maximum Gasteiger partial charge on any atom is 0.405 e. The lowest BCUT2D eigenvalue weighted by Crippen LogP contribution is -2.39. The monoisotopic (exact) mass is 160 g/mol. The van der Waals surface area contributed by atoms with Gasteiger partial charge in [-0.3, -0.25) is 0 Å². The Kier molecular flexibility index (Phi) is 6.10. The third-order valence-corrected chi connectivity index (χ3v) is 0.482. The van der Waals surface area contributed by atoms with E-state index in [-0.39, 0.29) is 5.54 Å². The molecule has 0 unspecified atom stereocenters. The highest BCUT2D eigenvalue weighted by atomic mass is 16.4. The molecule has 0 heterocycles. The van der Waals surface area contributed by atoms with Crippen molar-refractivity contribution in [2.24, 2.45) is 0 Å². The maximum atomic E-state index is 9.90. The van der Waals surface area contributed by atoms with Gasteiger partial charge in [0, 0.05) is 5.54 Å². The minimum absolute atomic E-state index is 0.328. The topological polar surface area (TPSA) is 90.2 Å². The Balaban J connectivity index is 0. The zero-order chi connectivity index (χ0) is 9.49. The highest BCUT2D eigenvalue weighted by molar-refractivity contribution is 5.65. The molecule has 3 N–H and O–H groups in total. The Labute approximate surface area is 64.9 Å². The third-order valence-electron chi connectivity index (χ3n) is 0.482. The van der Waals surface area contributed by atoms with Crippen LogP contribution in [-0.2, 0) is 4.79 Å². The van der Waals surface area contributed by atoms with E-state index in [0.29, 0.717) is 0 Å². The molecule has 0 atom stereocenters. The fourth-order valence-electron chi connectivity index (χ4n) is 0.321. The van der Waals surface area contributed by atoms with Gasteiger partial charge in [0.15, 0.2) is 0 Å². The zero-order valence-electron chi connectivity index (χ0n) is 6.76. The van der Waals surface area contributed by atoms with Crippen molar-refractivity contribution < 1.29 is 14.7 Å². The van der Waals surface area contributed by atoms with Crippen LogP contribution in [0.1, 0.15) is 20.8 Å². The Morgan fingerprint density at radius 3 is 1.82 bits per heavy atom. The first-order valence-electron chi connectivity index (χ1n) is 2.88. The molecule has 1 amide bonds. The molecule has 0 aromatic carbocycles. The van der Waals surface area contributed by atoms with Gasteiger partial charge in [-0.1, -0.05) is 0 Å². The summed E-state index contributed by atoms with van der Waals surface area (Å²) in [5.74, 6) is 0. The predicted octanol–water partition coefficient (Wildman–Crippen LogP) is 0.953. The smallest absolute Gasteiger partial charge is 0.405 e. The molecule has 0 radical (unpaired) electrons. The van der Waals surface area contributed by atoms with Crippen LogP contribution in [0.5, 0.6) is 0 Å². The Bertz CT molecular complexity index is 154. The van der Waals surface area contributed by atoms with E-state index < -0.39 is 6.09 Å². The zero-order valence-corrected chi connectivity index (χ0v) is 6.76. The van der Waals surface area contributed by atoms with Crippen molar-refractivity contribution in [3.8, 4) is 0 Å². The molecule has 0 rings (SSSR count). The molecule has 0 aromatic heterocycles. The van der Waals surface area contributed by atoms with Crippen molar-refractivity contribution in [3.05, 3.63) is 0 Å². The van der Waals surface area contributed by atoms with Crippen molar-refractivity contribution in [1.29, 1.82) is 5.41 Å². The van der Waals surface area contributed by atoms with Crippen LogP contribution in [0.2, 0.25) is 0 Å². The van der Waals surface area contributed by atoms with Crippen LogP contribution < -0.4 is 5.32 Å². The lowest BCUT2D eigenvalue weighted by Gasteiger charge is -2.16. The average Bonchev–Trinajstić information content (AvgIpc) is 1.57. The lowest BCUT2D eigenvalue weighted by atomic mass is 10.1. The molecule has 64 valence electrons. The number of hydrogen-bond donors (Lipinski definition) is 3. The van der Waals surface area contributed by atoms with Crippen LogP contribution in [0.25, 0.3) is 0 Å². The maximum absolute atomic E-state index is 9.90. The van der Waals surface area contributed by atoms with Crippen molar-refractivity contribution in [2.45, 2.75) is 26.3 Å². The first kappa shape index (κ1) is 12.3. The van der Waals surface area contributed by atoms with E-state index in [1.54, 1.807) is 20.8 Å². The van der Waals surface area contributed by atoms with Crippen LogP contribution in [-0.4, -0.2) is 22.8 Å². The van der Waals surface area contributed by atoms with Gasteiger partial charge in [-0.2, -0.15) is 0 Å². The molecule has 0 aliphatic carbocycles. The average molecular weight is 160 g/mol. The molecule has 0 aliphatic rings. The van der Waals surface area contributed by atoms with Crippen molar-refractivity contribution >= 4 is 12.2 Å². The Morgan fingerprint density at radius 1 is 1.55 bits per heavy atom. The quantitative estimate of drug-likeness (QED) is 0.364. The Hall–Kier alpha value is -1.35. The fraction of sp³-hybridized carbons (Fsp3) is 0.667. The summed E-state index contributed by atoms with van der Waals surface area (Å²) in [4.78, 5) is 18.3. The van der Waals surface area contributed by atoms with E-state index in [2.05, 4.69) is 5.32 Å².